The molecule has 0 aliphatic carbocycles. The third kappa shape index (κ3) is 1.80. The zero-order valence-electron chi connectivity index (χ0n) is 6.88. The van der Waals surface area contributed by atoms with Crippen molar-refractivity contribution in [3.05, 3.63) is 11.9 Å². The van der Waals surface area contributed by atoms with Crippen LogP contribution in [0, 0.1) is 6.92 Å². The zero-order valence-corrected chi connectivity index (χ0v) is 6.88. The van der Waals surface area contributed by atoms with Crippen molar-refractivity contribution in [2.45, 2.75) is 6.92 Å². The van der Waals surface area contributed by atoms with Gasteiger partial charge >= 0.3 is 0 Å². The molecule has 0 amide bonds. The molecule has 11 heavy (non-hydrogen) atoms. The van der Waals surface area contributed by atoms with Gasteiger partial charge in [-0.1, -0.05) is 0 Å². The average molecular weight is 153 g/mol. The highest BCUT2D eigenvalue weighted by Crippen LogP contribution is 2.11. The maximum atomic E-state index is 4.95. The van der Waals surface area contributed by atoms with Gasteiger partial charge in [-0.05, 0) is 6.92 Å². The predicted molar refractivity (Wildman–Crippen MR) is 42.9 cm³/mol. The van der Waals surface area contributed by atoms with Crippen LogP contribution in [-0.4, -0.2) is 24.1 Å². The Morgan fingerprint density at radius 3 is 2.73 bits per heavy atom. The number of anilines is 1. The molecule has 0 fully saturated rings. The maximum absolute atomic E-state index is 4.95. The lowest BCUT2D eigenvalue weighted by Gasteiger charge is -2.02. The van der Waals surface area contributed by atoms with Gasteiger partial charge in [-0.25, -0.2) is 4.98 Å². The van der Waals surface area contributed by atoms with E-state index in [1.165, 1.54) is 0 Å². The van der Waals surface area contributed by atoms with Crippen LogP contribution in [0.4, 0.5) is 5.82 Å². The van der Waals surface area contributed by atoms with E-state index in [0.717, 1.165) is 5.82 Å². The number of aryl methyl sites for hydroxylation is 1. The third-order valence-corrected chi connectivity index (χ3v) is 1.28. The van der Waals surface area contributed by atoms with Crippen molar-refractivity contribution in [1.82, 2.24) is 9.97 Å². The lowest BCUT2D eigenvalue weighted by molar-refractivity contribution is 0.396. The number of nitrogens with one attached hydrogen (secondary N) is 1. The highest BCUT2D eigenvalue weighted by molar-refractivity contribution is 5.37. The van der Waals surface area contributed by atoms with E-state index in [0.29, 0.717) is 11.7 Å². The van der Waals surface area contributed by atoms with E-state index < -0.39 is 0 Å². The number of ether oxygens (including phenoxy) is 1. The van der Waals surface area contributed by atoms with Gasteiger partial charge in [0, 0.05) is 13.1 Å². The molecule has 1 aromatic heterocycles. The van der Waals surface area contributed by atoms with Gasteiger partial charge in [0.1, 0.15) is 11.6 Å². The zero-order chi connectivity index (χ0) is 8.27. The first-order valence-corrected chi connectivity index (χ1v) is 3.33. The number of aromatic nitrogens is 2. The van der Waals surface area contributed by atoms with E-state index >= 15 is 0 Å². The summed E-state index contributed by atoms with van der Waals surface area (Å²) in [5.41, 5.74) is 0. The first kappa shape index (κ1) is 7.78. The lowest BCUT2D eigenvalue weighted by atomic mass is 10.5. The molecule has 0 saturated heterocycles. The van der Waals surface area contributed by atoms with Gasteiger partial charge < -0.3 is 10.1 Å². The Balaban J connectivity index is 3.02. The van der Waals surface area contributed by atoms with Crippen molar-refractivity contribution in [1.29, 1.82) is 0 Å². The van der Waals surface area contributed by atoms with Crippen LogP contribution >= 0.6 is 0 Å². The van der Waals surface area contributed by atoms with Crippen LogP contribution in [0.25, 0.3) is 0 Å². The quantitative estimate of drug-likeness (QED) is 0.683. The van der Waals surface area contributed by atoms with E-state index in [4.69, 9.17) is 4.74 Å². The molecule has 4 nitrogen and oxygen atoms in total. The molecule has 1 rings (SSSR count). The molecule has 0 radical (unpaired) electrons. The first-order valence-electron chi connectivity index (χ1n) is 3.33. The molecule has 0 aliphatic rings. The Morgan fingerprint density at radius 1 is 1.45 bits per heavy atom. The molecule has 1 N–H and O–H groups in total. The van der Waals surface area contributed by atoms with Crippen LogP contribution in [0.5, 0.6) is 5.88 Å². The van der Waals surface area contributed by atoms with Crippen molar-refractivity contribution in [3.8, 4) is 5.88 Å². The molecule has 60 valence electrons. The van der Waals surface area contributed by atoms with Crippen LogP contribution < -0.4 is 10.1 Å². The summed E-state index contributed by atoms with van der Waals surface area (Å²) in [6.45, 7) is 1.82. The second-order valence-electron chi connectivity index (χ2n) is 2.09. The highest BCUT2D eigenvalue weighted by Gasteiger charge is 1.98. The van der Waals surface area contributed by atoms with Crippen LogP contribution in [0.15, 0.2) is 6.07 Å². The molecule has 0 saturated carbocycles. The first-order chi connectivity index (χ1) is 5.26. The van der Waals surface area contributed by atoms with Crippen molar-refractivity contribution in [3.63, 3.8) is 0 Å². The number of hydrogen-bond acceptors (Lipinski definition) is 4. The third-order valence-electron chi connectivity index (χ3n) is 1.28. The van der Waals surface area contributed by atoms with Gasteiger partial charge in [0.15, 0.2) is 0 Å². The summed E-state index contributed by atoms with van der Waals surface area (Å²) >= 11 is 0. The van der Waals surface area contributed by atoms with Crippen molar-refractivity contribution in [2.24, 2.45) is 0 Å². The molecule has 0 atom stereocenters. The van der Waals surface area contributed by atoms with E-state index in [2.05, 4.69) is 15.3 Å². The fraction of sp³-hybridized carbons (Fsp3) is 0.429. The molecule has 4 heteroatoms. The van der Waals surface area contributed by atoms with Gasteiger partial charge in [0.2, 0.25) is 5.88 Å². The Hall–Kier alpha value is -1.32. The normalized spacial score (nSPS) is 9.36. The minimum atomic E-state index is 0.585. The summed E-state index contributed by atoms with van der Waals surface area (Å²) in [6.07, 6.45) is 0. The predicted octanol–water partition coefficient (Wildman–Crippen LogP) is 0.835. The van der Waals surface area contributed by atoms with Crippen LogP contribution in [-0.2, 0) is 0 Å². The van der Waals surface area contributed by atoms with Crippen molar-refractivity contribution >= 4 is 5.82 Å². The Labute approximate surface area is 65.6 Å². The summed E-state index contributed by atoms with van der Waals surface area (Å²) in [6, 6.07) is 1.74. The fourth-order valence-electron chi connectivity index (χ4n) is 0.773. The second-order valence-corrected chi connectivity index (χ2v) is 2.09. The van der Waals surface area contributed by atoms with Gasteiger partial charge in [-0.3, -0.25) is 0 Å². The molecule has 0 spiro atoms. The SMILES string of the molecule is CNc1cc(OC)nc(C)n1. The standard InChI is InChI=1S/C7H11N3O/c1-5-9-6(8-2)4-7(10-5)11-3/h4H,1-3H3,(H,8,9,10). The van der Waals surface area contributed by atoms with Gasteiger partial charge in [0.25, 0.3) is 0 Å². The Kier molecular flexibility index (Phi) is 2.25. The Bertz CT molecular complexity index is 227. The monoisotopic (exact) mass is 153 g/mol. The topological polar surface area (TPSA) is 47.0 Å². The lowest BCUT2D eigenvalue weighted by Crippen LogP contribution is -1.98. The average Bonchev–Trinajstić information content (AvgIpc) is 2.03. The summed E-state index contributed by atoms with van der Waals surface area (Å²) in [5.74, 6) is 2.06. The Morgan fingerprint density at radius 2 is 2.18 bits per heavy atom. The summed E-state index contributed by atoms with van der Waals surface area (Å²) in [4.78, 5) is 8.12. The number of rotatable bonds is 2. The minimum absolute atomic E-state index is 0.585. The van der Waals surface area contributed by atoms with Crippen LogP contribution in [0.3, 0.4) is 0 Å². The summed E-state index contributed by atoms with van der Waals surface area (Å²) < 4.78 is 4.95. The molecule has 1 heterocycles. The maximum Gasteiger partial charge on any atom is 0.218 e. The summed E-state index contributed by atoms with van der Waals surface area (Å²) in [7, 11) is 3.39. The van der Waals surface area contributed by atoms with Crippen LogP contribution in [0.1, 0.15) is 5.82 Å². The van der Waals surface area contributed by atoms with Gasteiger partial charge in [-0.2, -0.15) is 4.98 Å². The van der Waals surface area contributed by atoms with Gasteiger partial charge in [0.05, 0.1) is 7.11 Å². The van der Waals surface area contributed by atoms with Crippen LogP contribution in [0.2, 0.25) is 0 Å². The minimum Gasteiger partial charge on any atom is -0.481 e. The fourth-order valence-corrected chi connectivity index (χ4v) is 0.773. The second kappa shape index (κ2) is 3.18. The van der Waals surface area contributed by atoms with Crippen molar-refractivity contribution in [2.75, 3.05) is 19.5 Å². The van der Waals surface area contributed by atoms with E-state index in [1.54, 1.807) is 20.2 Å². The number of methoxy groups -OCH3 is 1. The van der Waals surface area contributed by atoms with E-state index in [-0.39, 0.29) is 0 Å². The van der Waals surface area contributed by atoms with Gasteiger partial charge in [-0.15, -0.1) is 0 Å². The number of nitrogens with zero attached hydrogens (tertiary/aromatic N) is 2. The highest BCUT2D eigenvalue weighted by atomic mass is 16.5. The molecule has 0 unspecified atom stereocenters. The molecule has 0 aromatic carbocycles. The smallest absolute Gasteiger partial charge is 0.218 e. The van der Waals surface area contributed by atoms with E-state index in [1.807, 2.05) is 6.92 Å². The van der Waals surface area contributed by atoms with E-state index in [9.17, 15) is 0 Å². The molecule has 1 aromatic rings. The molecule has 0 aliphatic heterocycles. The largest absolute Gasteiger partial charge is 0.481 e. The molecular formula is C7H11N3O. The summed E-state index contributed by atoms with van der Waals surface area (Å²) in [5, 5.41) is 2.91. The van der Waals surface area contributed by atoms with Crippen molar-refractivity contribution < 1.29 is 4.74 Å². The molecule has 0 bridgehead atoms. The number of hydrogen-bond donors (Lipinski definition) is 1. The molecular weight excluding hydrogens is 142 g/mol.